The highest BCUT2D eigenvalue weighted by Crippen LogP contribution is 2.39. The van der Waals surface area contributed by atoms with Gasteiger partial charge in [-0.15, -0.1) is 0 Å². The summed E-state index contributed by atoms with van der Waals surface area (Å²) in [4.78, 5) is 17.1. The van der Waals surface area contributed by atoms with E-state index < -0.39 is 24.7 Å². The summed E-state index contributed by atoms with van der Waals surface area (Å²) in [6.07, 6.45) is 4.04. The Balaban J connectivity index is 1.69. The van der Waals surface area contributed by atoms with Gasteiger partial charge in [0, 0.05) is 30.4 Å². The molecule has 36 heavy (non-hydrogen) atoms. The number of esters is 1. The van der Waals surface area contributed by atoms with Crippen molar-refractivity contribution in [2.45, 2.75) is 38.0 Å². The number of hydrogen-bond donors (Lipinski definition) is 1. The highest BCUT2D eigenvalue weighted by atomic mass is 35.5. The van der Waals surface area contributed by atoms with Gasteiger partial charge in [-0.2, -0.15) is 8.78 Å². The van der Waals surface area contributed by atoms with Crippen LogP contribution in [0.4, 0.5) is 8.78 Å². The molecular weight excluding hydrogens is 513 g/mol. The summed E-state index contributed by atoms with van der Waals surface area (Å²) in [6, 6.07) is 12.0. The minimum absolute atomic E-state index is 0.0717. The number of carbonyl (C=O) groups excluding carboxylic acids is 1. The molecule has 1 fully saturated rings. The van der Waals surface area contributed by atoms with Gasteiger partial charge in [0.1, 0.15) is 23.6 Å². The van der Waals surface area contributed by atoms with Crippen LogP contribution in [0.15, 0.2) is 60.9 Å². The van der Waals surface area contributed by atoms with Crippen molar-refractivity contribution in [2.75, 3.05) is 6.61 Å². The van der Waals surface area contributed by atoms with Crippen molar-refractivity contribution in [2.24, 2.45) is 11.7 Å². The molecule has 2 aromatic carbocycles. The molecule has 0 amide bonds. The quantitative estimate of drug-likeness (QED) is 0.289. The maximum atomic E-state index is 13.1. The zero-order chi connectivity index (χ0) is 25.7. The summed E-state index contributed by atoms with van der Waals surface area (Å²) in [5, 5.41) is 0.572. The fraction of sp³-hybridized carbons (Fsp3) is 0.308. The van der Waals surface area contributed by atoms with E-state index in [4.69, 9.17) is 38.4 Å². The number of halogens is 4. The van der Waals surface area contributed by atoms with Crippen LogP contribution in [0.2, 0.25) is 10.0 Å². The van der Waals surface area contributed by atoms with Crippen LogP contribution in [0.1, 0.15) is 41.7 Å². The summed E-state index contributed by atoms with van der Waals surface area (Å²) in [5.74, 6) is -0.124. The molecule has 1 saturated carbocycles. The lowest BCUT2D eigenvalue weighted by atomic mass is 10.00. The Morgan fingerprint density at radius 3 is 2.42 bits per heavy atom. The van der Waals surface area contributed by atoms with Crippen LogP contribution in [0.25, 0.3) is 0 Å². The van der Waals surface area contributed by atoms with E-state index in [-0.39, 0.29) is 28.0 Å². The summed E-state index contributed by atoms with van der Waals surface area (Å²) >= 11 is 12.7. The van der Waals surface area contributed by atoms with E-state index >= 15 is 0 Å². The van der Waals surface area contributed by atoms with Crippen LogP contribution in [0.3, 0.4) is 0 Å². The van der Waals surface area contributed by atoms with Crippen molar-refractivity contribution in [3.63, 3.8) is 0 Å². The van der Waals surface area contributed by atoms with Crippen molar-refractivity contribution < 1.29 is 27.8 Å². The molecule has 0 aliphatic heterocycles. The molecule has 0 saturated heterocycles. The Morgan fingerprint density at radius 1 is 1.08 bits per heavy atom. The number of benzene rings is 2. The predicted molar refractivity (Wildman–Crippen MR) is 131 cm³/mol. The second kappa shape index (κ2) is 11.9. The van der Waals surface area contributed by atoms with Gasteiger partial charge in [-0.25, -0.2) is 4.79 Å². The number of ether oxygens (including phenoxy) is 3. The maximum Gasteiger partial charge on any atom is 0.387 e. The zero-order valence-corrected chi connectivity index (χ0v) is 20.6. The Labute approximate surface area is 217 Å². The average molecular weight is 537 g/mol. The summed E-state index contributed by atoms with van der Waals surface area (Å²) < 4.78 is 42.1. The molecule has 0 spiro atoms. The summed E-state index contributed by atoms with van der Waals surface area (Å²) in [7, 11) is 0. The Bertz CT molecular complexity index is 1180. The molecule has 3 aromatic rings. The molecule has 10 heteroatoms. The Morgan fingerprint density at radius 2 is 1.78 bits per heavy atom. The maximum absolute atomic E-state index is 13.1. The Kier molecular flexibility index (Phi) is 8.61. The minimum Gasteiger partial charge on any atom is -0.493 e. The predicted octanol–water partition coefficient (Wildman–Crippen LogP) is 6.31. The fourth-order valence-electron chi connectivity index (χ4n) is 3.62. The van der Waals surface area contributed by atoms with Crippen LogP contribution in [0, 0.1) is 5.92 Å². The van der Waals surface area contributed by atoms with Crippen molar-refractivity contribution >= 4 is 29.2 Å². The molecule has 6 nitrogen and oxygen atoms in total. The molecule has 1 aliphatic rings. The van der Waals surface area contributed by atoms with E-state index in [1.165, 1.54) is 30.6 Å². The average Bonchev–Trinajstić information content (AvgIpc) is 3.69. The molecule has 0 radical (unpaired) electrons. The first-order chi connectivity index (χ1) is 17.3. The van der Waals surface area contributed by atoms with E-state index in [0.717, 1.165) is 12.8 Å². The lowest BCUT2D eigenvalue weighted by Crippen LogP contribution is -2.26. The van der Waals surface area contributed by atoms with Crippen LogP contribution in [-0.2, 0) is 16.0 Å². The molecule has 2 N–H and O–H groups in total. The van der Waals surface area contributed by atoms with Gasteiger partial charge < -0.3 is 19.9 Å². The Hall–Kier alpha value is -2.94. The zero-order valence-electron chi connectivity index (χ0n) is 19.1. The number of nitrogens with zero attached hydrogens (tertiary/aromatic N) is 1. The third-order valence-electron chi connectivity index (χ3n) is 5.74. The SMILES string of the molecule is N[C@@H](C(=O)OC(Cc1c(Cl)cncc1Cl)c1ccc(OC(F)F)cc1OCC1CC1)c1ccccc1. The van der Waals surface area contributed by atoms with E-state index in [1.807, 2.05) is 6.07 Å². The normalized spacial score (nSPS) is 14.8. The smallest absolute Gasteiger partial charge is 0.387 e. The number of alkyl halides is 2. The summed E-state index contributed by atoms with van der Waals surface area (Å²) in [6.45, 7) is -2.61. The molecule has 1 aliphatic carbocycles. The van der Waals surface area contributed by atoms with Gasteiger partial charge in [0.05, 0.1) is 16.7 Å². The molecule has 1 aromatic heterocycles. The number of hydrogen-bond acceptors (Lipinski definition) is 6. The van der Waals surface area contributed by atoms with E-state index in [1.54, 1.807) is 24.3 Å². The number of carbonyl (C=O) groups is 1. The molecule has 0 bridgehead atoms. The molecule has 4 rings (SSSR count). The lowest BCUT2D eigenvalue weighted by Gasteiger charge is -2.24. The van der Waals surface area contributed by atoms with E-state index in [0.29, 0.717) is 29.2 Å². The van der Waals surface area contributed by atoms with Gasteiger partial charge in [-0.1, -0.05) is 53.5 Å². The van der Waals surface area contributed by atoms with Crippen molar-refractivity contribution in [1.82, 2.24) is 4.98 Å². The number of nitrogens with two attached hydrogens (primary N) is 1. The molecule has 1 heterocycles. The number of pyridine rings is 1. The topological polar surface area (TPSA) is 83.7 Å². The monoisotopic (exact) mass is 536 g/mol. The molecule has 1 unspecified atom stereocenters. The van der Waals surface area contributed by atoms with Crippen LogP contribution < -0.4 is 15.2 Å². The first-order valence-corrected chi connectivity index (χ1v) is 12.1. The highest BCUT2D eigenvalue weighted by molar-refractivity contribution is 6.35. The van der Waals surface area contributed by atoms with E-state index in [9.17, 15) is 13.6 Å². The number of rotatable bonds is 11. The second-order valence-electron chi connectivity index (χ2n) is 8.43. The highest BCUT2D eigenvalue weighted by Gasteiger charge is 2.29. The fourth-order valence-corrected chi connectivity index (χ4v) is 4.14. The van der Waals surface area contributed by atoms with Crippen molar-refractivity contribution in [3.8, 4) is 11.5 Å². The van der Waals surface area contributed by atoms with Crippen LogP contribution in [0.5, 0.6) is 11.5 Å². The van der Waals surface area contributed by atoms with Crippen molar-refractivity contribution in [3.05, 3.63) is 87.7 Å². The third-order valence-corrected chi connectivity index (χ3v) is 6.39. The van der Waals surface area contributed by atoms with Crippen molar-refractivity contribution in [1.29, 1.82) is 0 Å². The minimum atomic E-state index is -3.00. The van der Waals surface area contributed by atoms with Gasteiger partial charge in [-0.05, 0) is 42.0 Å². The van der Waals surface area contributed by atoms with Gasteiger partial charge in [0.15, 0.2) is 0 Å². The van der Waals surface area contributed by atoms with Gasteiger partial charge in [-0.3, -0.25) is 4.98 Å². The second-order valence-corrected chi connectivity index (χ2v) is 9.25. The lowest BCUT2D eigenvalue weighted by molar-refractivity contribution is -0.151. The van der Waals surface area contributed by atoms with Crippen LogP contribution in [-0.4, -0.2) is 24.2 Å². The van der Waals surface area contributed by atoms with Crippen LogP contribution >= 0.6 is 23.2 Å². The van der Waals surface area contributed by atoms with Gasteiger partial charge in [0.2, 0.25) is 0 Å². The largest absolute Gasteiger partial charge is 0.493 e. The molecular formula is C26H24Cl2F2N2O4. The molecule has 2 atom stereocenters. The number of aromatic nitrogens is 1. The molecule has 190 valence electrons. The third kappa shape index (κ3) is 6.84. The first-order valence-electron chi connectivity index (χ1n) is 11.3. The van der Waals surface area contributed by atoms with Gasteiger partial charge in [0.25, 0.3) is 0 Å². The van der Waals surface area contributed by atoms with Gasteiger partial charge >= 0.3 is 12.6 Å². The van der Waals surface area contributed by atoms with E-state index in [2.05, 4.69) is 9.72 Å². The summed E-state index contributed by atoms with van der Waals surface area (Å²) in [5.41, 5.74) is 7.69. The first kappa shape index (κ1) is 26.1. The standard InChI is InChI=1S/C26H24Cl2F2N2O4/c27-20-12-32-13-21(28)19(20)11-23(36-25(33)24(31)16-4-2-1-3-5-16)18-9-8-17(35-26(29)30)10-22(18)34-14-15-6-7-15/h1-5,8-10,12-13,15,23-24,26H,6-7,11,14,31H2/t23?,24-/m1/s1.